The summed E-state index contributed by atoms with van der Waals surface area (Å²) in [7, 11) is 1.90. The molecular weight excluding hydrogens is 546 g/mol. The second-order valence-corrected chi connectivity index (χ2v) is 14.1. The molecule has 2 aromatic heterocycles. The number of benzene rings is 2. The Labute approximate surface area is 258 Å². The number of hydrogen-bond acceptors (Lipinski definition) is 6. The highest BCUT2D eigenvalue weighted by atomic mass is 16.2. The highest BCUT2D eigenvalue weighted by molar-refractivity contribution is 6.10. The number of pyridine rings is 1. The predicted molar refractivity (Wildman–Crippen MR) is 169 cm³/mol. The van der Waals surface area contributed by atoms with Crippen LogP contribution in [0.3, 0.4) is 0 Å². The molecule has 2 saturated carbocycles. The molecule has 4 aromatic rings. The van der Waals surface area contributed by atoms with Crippen LogP contribution in [-0.4, -0.2) is 43.6 Å². The van der Waals surface area contributed by atoms with Crippen molar-refractivity contribution in [2.24, 2.45) is 17.9 Å². The first-order valence-corrected chi connectivity index (χ1v) is 15.8. The Morgan fingerprint density at radius 2 is 1.84 bits per heavy atom. The average molecular weight is 584 g/mol. The summed E-state index contributed by atoms with van der Waals surface area (Å²) >= 11 is 0. The monoisotopic (exact) mass is 583 g/mol. The van der Waals surface area contributed by atoms with Crippen LogP contribution in [0, 0.1) is 22.2 Å². The molecule has 2 aliphatic carbocycles. The van der Waals surface area contributed by atoms with Crippen molar-refractivity contribution in [1.82, 2.24) is 24.6 Å². The van der Waals surface area contributed by atoms with E-state index in [2.05, 4.69) is 59.3 Å². The summed E-state index contributed by atoms with van der Waals surface area (Å²) in [5.41, 5.74) is 8.16. The fourth-order valence-electron chi connectivity index (χ4n) is 7.86. The van der Waals surface area contributed by atoms with Gasteiger partial charge in [-0.2, -0.15) is 5.26 Å². The lowest BCUT2D eigenvalue weighted by atomic mass is 9.56. The van der Waals surface area contributed by atoms with Crippen LogP contribution < -0.4 is 4.90 Å². The van der Waals surface area contributed by atoms with Crippen molar-refractivity contribution >= 4 is 11.7 Å². The maximum Gasteiger partial charge on any atom is 0.260 e. The number of likely N-dealkylation sites (tertiary alicyclic amines) is 1. The molecule has 0 radical (unpaired) electrons. The molecule has 0 unspecified atom stereocenters. The van der Waals surface area contributed by atoms with Crippen LogP contribution in [0.1, 0.15) is 84.6 Å². The number of nitriles is 1. The molecule has 0 atom stereocenters. The second kappa shape index (κ2) is 9.83. The number of aromatic nitrogens is 4. The molecule has 0 N–H and O–H groups in total. The molecule has 44 heavy (non-hydrogen) atoms. The van der Waals surface area contributed by atoms with Crippen LogP contribution in [0.4, 0.5) is 5.82 Å². The lowest BCUT2D eigenvalue weighted by molar-refractivity contribution is 0.0347. The van der Waals surface area contributed by atoms with Gasteiger partial charge in [0.15, 0.2) is 5.82 Å². The Morgan fingerprint density at radius 1 is 1.00 bits per heavy atom. The maximum atomic E-state index is 14.0. The fraction of sp³-hybridized carbons (Fsp3) is 0.417. The number of aryl methyl sites for hydroxylation is 1. The molecule has 8 nitrogen and oxygen atoms in total. The molecule has 1 saturated heterocycles. The van der Waals surface area contributed by atoms with Crippen molar-refractivity contribution in [2.45, 2.75) is 65.0 Å². The lowest BCUT2D eigenvalue weighted by Crippen LogP contribution is -2.42. The van der Waals surface area contributed by atoms with Gasteiger partial charge in [0.2, 0.25) is 0 Å². The zero-order chi connectivity index (χ0) is 30.2. The minimum atomic E-state index is 0.0128. The van der Waals surface area contributed by atoms with E-state index < -0.39 is 0 Å². The molecule has 4 aliphatic rings. The zero-order valence-corrected chi connectivity index (χ0v) is 25.7. The van der Waals surface area contributed by atoms with Crippen molar-refractivity contribution in [3.63, 3.8) is 0 Å². The summed E-state index contributed by atoms with van der Waals surface area (Å²) in [4.78, 5) is 23.5. The van der Waals surface area contributed by atoms with E-state index in [1.807, 2.05) is 40.8 Å². The van der Waals surface area contributed by atoms with Gasteiger partial charge in [-0.1, -0.05) is 38.5 Å². The molecule has 4 heterocycles. The number of hydrogen-bond donors (Lipinski definition) is 0. The van der Waals surface area contributed by atoms with E-state index in [1.54, 1.807) is 6.33 Å². The van der Waals surface area contributed by atoms with Gasteiger partial charge in [-0.25, -0.2) is 4.98 Å². The van der Waals surface area contributed by atoms with Crippen LogP contribution >= 0.6 is 0 Å². The third-order valence-electron chi connectivity index (χ3n) is 10.8. The van der Waals surface area contributed by atoms with E-state index in [1.165, 1.54) is 24.8 Å². The normalized spacial score (nSPS) is 20.1. The van der Waals surface area contributed by atoms with E-state index >= 15 is 0 Å². The van der Waals surface area contributed by atoms with Crippen LogP contribution in [0.5, 0.6) is 0 Å². The molecular formula is C36H37N7O. The quantitative estimate of drug-likeness (QED) is 0.259. The minimum absolute atomic E-state index is 0.0128. The first kappa shape index (κ1) is 27.2. The first-order chi connectivity index (χ1) is 21.2. The van der Waals surface area contributed by atoms with Crippen molar-refractivity contribution in [1.29, 1.82) is 5.26 Å². The summed E-state index contributed by atoms with van der Waals surface area (Å²) in [6.45, 7) is 8.52. The lowest BCUT2D eigenvalue weighted by Gasteiger charge is -2.48. The van der Waals surface area contributed by atoms with Crippen molar-refractivity contribution < 1.29 is 4.79 Å². The third-order valence-corrected chi connectivity index (χ3v) is 10.8. The number of carbonyl (C=O) groups is 1. The minimum Gasteiger partial charge on any atom is -0.317 e. The molecule has 1 spiro atoms. The SMILES string of the molecule is Cn1cnnc1-c1cc(C#N)ccc1-c1cc(C2CC2)nc(N2Cc3ccc(CN4CC(C)(C)C5(CCC5)C4)cc3C2=O)c1. The second-order valence-electron chi connectivity index (χ2n) is 14.1. The fourth-order valence-corrected chi connectivity index (χ4v) is 7.86. The molecule has 8 heteroatoms. The Kier molecular flexibility index (Phi) is 6.08. The smallest absolute Gasteiger partial charge is 0.260 e. The summed E-state index contributed by atoms with van der Waals surface area (Å²) in [5, 5.41) is 18.1. The van der Waals surface area contributed by atoms with Crippen molar-refractivity contribution in [3.8, 4) is 28.6 Å². The number of nitrogens with zero attached hydrogens (tertiary/aromatic N) is 7. The highest BCUT2D eigenvalue weighted by Crippen LogP contribution is 2.58. The van der Waals surface area contributed by atoms with Gasteiger partial charge in [-0.15, -0.1) is 10.2 Å². The number of rotatable bonds is 6. The van der Waals surface area contributed by atoms with Gasteiger partial charge < -0.3 is 4.57 Å². The van der Waals surface area contributed by atoms with Crippen LogP contribution in [0.25, 0.3) is 22.5 Å². The summed E-state index contributed by atoms with van der Waals surface area (Å²) in [6, 6.07) is 18.5. The van der Waals surface area contributed by atoms with Crippen LogP contribution in [-0.2, 0) is 20.1 Å². The molecule has 3 fully saturated rings. The maximum absolute atomic E-state index is 14.0. The predicted octanol–water partition coefficient (Wildman–Crippen LogP) is 6.47. The molecule has 222 valence electrons. The van der Waals surface area contributed by atoms with Gasteiger partial charge in [0, 0.05) is 49.4 Å². The Morgan fingerprint density at radius 3 is 2.52 bits per heavy atom. The average Bonchev–Trinajstić information content (AvgIpc) is 3.60. The third kappa shape index (κ3) is 4.36. The van der Waals surface area contributed by atoms with Gasteiger partial charge >= 0.3 is 0 Å². The summed E-state index contributed by atoms with van der Waals surface area (Å²) in [5.74, 6) is 1.78. The topological polar surface area (TPSA) is 90.9 Å². The zero-order valence-electron chi connectivity index (χ0n) is 25.7. The van der Waals surface area contributed by atoms with Gasteiger partial charge in [0.05, 0.1) is 18.2 Å². The van der Waals surface area contributed by atoms with E-state index in [0.717, 1.165) is 66.0 Å². The molecule has 0 bridgehead atoms. The summed E-state index contributed by atoms with van der Waals surface area (Å²) < 4.78 is 1.86. The van der Waals surface area contributed by atoms with Crippen LogP contribution in [0.2, 0.25) is 0 Å². The van der Waals surface area contributed by atoms with Gasteiger partial charge in [-0.05, 0) is 89.1 Å². The van der Waals surface area contributed by atoms with E-state index in [-0.39, 0.29) is 5.91 Å². The Balaban J connectivity index is 1.12. The highest BCUT2D eigenvalue weighted by Gasteiger charge is 2.54. The molecule has 2 aliphatic heterocycles. The standard InChI is InChI=1S/C36H37N7O/c1-35(2)20-42(21-36(35)11-4-12-36)18-24-5-7-26-19-43(34(44)29(26)14-24)32-16-27(15-31(39-32)25-8-9-25)28-10-6-23(17-37)13-30(28)33-40-38-22-41(33)3/h5-7,10,13-16,22,25H,4,8-9,11-12,18-21H2,1-3H3. The van der Waals surface area contributed by atoms with Gasteiger partial charge in [-0.3, -0.25) is 14.6 Å². The van der Waals surface area contributed by atoms with E-state index in [9.17, 15) is 10.1 Å². The molecule has 1 amide bonds. The first-order valence-electron chi connectivity index (χ1n) is 15.8. The summed E-state index contributed by atoms with van der Waals surface area (Å²) in [6.07, 6.45) is 7.90. The number of fused-ring (bicyclic) bond motifs is 1. The van der Waals surface area contributed by atoms with Crippen molar-refractivity contribution in [2.75, 3.05) is 18.0 Å². The van der Waals surface area contributed by atoms with E-state index in [4.69, 9.17) is 4.98 Å². The van der Waals surface area contributed by atoms with Crippen molar-refractivity contribution in [3.05, 3.63) is 82.8 Å². The number of carbonyl (C=O) groups excluding carboxylic acids is 1. The Hall–Kier alpha value is -4.35. The molecule has 2 aromatic carbocycles. The number of amides is 1. The van der Waals surface area contributed by atoms with Crippen LogP contribution in [0.15, 0.2) is 54.9 Å². The number of anilines is 1. The van der Waals surface area contributed by atoms with Gasteiger partial charge in [0.1, 0.15) is 12.1 Å². The Bertz CT molecular complexity index is 1860. The largest absolute Gasteiger partial charge is 0.317 e. The van der Waals surface area contributed by atoms with E-state index in [0.29, 0.717) is 40.5 Å². The molecule has 8 rings (SSSR count). The van der Waals surface area contributed by atoms with Gasteiger partial charge in [0.25, 0.3) is 5.91 Å².